The topological polar surface area (TPSA) is 101 Å². The molecule has 2 atom stereocenters. The molecule has 3 heterocycles. The number of halogens is 2. The van der Waals surface area contributed by atoms with Gasteiger partial charge in [0.05, 0.1) is 51.7 Å². The number of aromatic nitrogens is 2. The molecule has 10 nitrogen and oxygen atoms in total. The minimum atomic E-state index is -0.256. The van der Waals surface area contributed by atoms with Crippen LogP contribution in [0.1, 0.15) is 31.2 Å². The minimum absolute atomic E-state index is 0.168. The van der Waals surface area contributed by atoms with Crippen LogP contribution in [0.4, 0.5) is 17.5 Å². The van der Waals surface area contributed by atoms with E-state index in [1.165, 1.54) is 20.3 Å². The zero-order chi connectivity index (χ0) is 27.7. The molecular formula is C26H30Cl2N6O4S. The molecule has 0 spiro atoms. The molecule has 1 saturated carbocycles. The molecule has 2 aromatic rings. The number of hydrogen-bond donors (Lipinski definition) is 2. The highest BCUT2D eigenvalue weighted by Crippen LogP contribution is 2.48. The Hall–Kier alpha value is -2.86. The molecule has 1 aliphatic carbocycles. The maximum Gasteiger partial charge on any atom is 0.243 e. The van der Waals surface area contributed by atoms with Gasteiger partial charge in [-0.3, -0.25) is 9.69 Å². The maximum absolute atomic E-state index is 11.9. The van der Waals surface area contributed by atoms with E-state index < -0.39 is 0 Å². The van der Waals surface area contributed by atoms with Gasteiger partial charge in [0.2, 0.25) is 11.9 Å². The molecule has 1 aromatic carbocycles. The first-order valence-corrected chi connectivity index (χ1v) is 13.9. The molecule has 0 radical (unpaired) electrons. The van der Waals surface area contributed by atoms with Crippen LogP contribution >= 0.6 is 35.4 Å². The van der Waals surface area contributed by atoms with Crippen LogP contribution in [0.15, 0.2) is 24.9 Å². The van der Waals surface area contributed by atoms with Crippen molar-refractivity contribution in [2.45, 2.75) is 50.4 Å². The molecule has 2 aliphatic heterocycles. The third-order valence-corrected chi connectivity index (χ3v) is 8.40. The summed E-state index contributed by atoms with van der Waals surface area (Å²) in [7, 11) is 3.08. The number of anilines is 3. The van der Waals surface area contributed by atoms with Gasteiger partial charge in [-0.05, 0) is 31.1 Å². The first kappa shape index (κ1) is 27.7. The third kappa shape index (κ3) is 5.32. The van der Waals surface area contributed by atoms with Crippen LogP contribution in [-0.4, -0.2) is 66.5 Å². The molecule has 208 valence electrons. The van der Waals surface area contributed by atoms with E-state index in [2.05, 4.69) is 27.1 Å². The summed E-state index contributed by atoms with van der Waals surface area (Å²) in [6.45, 7) is 4.68. The summed E-state index contributed by atoms with van der Waals surface area (Å²) in [5.41, 5.74) is 1.38. The van der Waals surface area contributed by atoms with Crippen molar-refractivity contribution in [3.8, 4) is 11.5 Å². The standard InChI is InChI=1S/C26H30Cl2N6O4S/c1-4-20(35)30-16-12-38-13-17(16)31-25-29-10-14-11-33(23-21(27)18(36-2)9-19(37-3)22(23)28)26(39)34(24(14)32-25)15-7-5-6-8-15/h4,9-10,15-17H,1,5-8,11-13H2,2-3H3,(H,30,35)(H,29,31,32)/t16-,17+/m0/s1. The van der Waals surface area contributed by atoms with E-state index >= 15 is 0 Å². The molecule has 1 saturated heterocycles. The Morgan fingerprint density at radius 1 is 1.18 bits per heavy atom. The van der Waals surface area contributed by atoms with Gasteiger partial charge in [0, 0.05) is 23.9 Å². The summed E-state index contributed by atoms with van der Waals surface area (Å²) in [4.78, 5) is 25.4. The first-order chi connectivity index (χ1) is 18.9. The monoisotopic (exact) mass is 592 g/mol. The molecular weight excluding hydrogens is 563 g/mol. The van der Waals surface area contributed by atoms with Crippen LogP contribution in [0.2, 0.25) is 10.0 Å². The van der Waals surface area contributed by atoms with Crippen LogP contribution < -0.4 is 29.9 Å². The number of fused-ring (bicyclic) bond motifs is 1. The Balaban J connectivity index is 1.51. The minimum Gasteiger partial charge on any atom is -0.495 e. The van der Waals surface area contributed by atoms with E-state index in [9.17, 15) is 4.79 Å². The highest BCUT2D eigenvalue weighted by atomic mass is 35.5. The number of nitrogens with zero attached hydrogens (tertiary/aromatic N) is 4. The summed E-state index contributed by atoms with van der Waals surface area (Å²) in [5, 5.41) is 7.45. The van der Waals surface area contributed by atoms with Crippen molar-refractivity contribution in [1.29, 1.82) is 0 Å². The highest BCUT2D eigenvalue weighted by molar-refractivity contribution is 7.80. The fourth-order valence-electron chi connectivity index (χ4n) is 5.27. The lowest BCUT2D eigenvalue weighted by molar-refractivity contribution is -0.117. The van der Waals surface area contributed by atoms with E-state index in [-0.39, 0.29) is 24.0 Å². The summed E-state index contributed by atoms with van der Waals surface area (Å²) < 4.78 is 16.6. The Kier molecular flexibility index (Phi) is 8.32. The lowest BCUT2D eigenvalue weighted by Crippen LogP contribution is -2.52. The Bertz CT molecular complexity index is 1260. The highest BCUT2D eigenvalue weighted by Gasteiger charge is 2.39. The number of thiocarbonyl (C=S) groups is 1. The SMILES string of the molecule is C=CC(=O)N[C@H]1COC[C@H]1Nc1ncc2c(n1)N(C1CCCC1)C(=S)N(c1c(Cl)c(OC)cc(OC)c1Cl)C2. The zero-order valence-corrected chi connectivity index (χ0v) is 24.0. The second-order valence-corrected chi connectivity index (χ2v) is 10.7. The summed E-state index contributed by atoms with van der Waals surface area (Å²) in [6.07, 6.45) is 7.20. The zero-order valence-electron chi connectivity index (χ0n) is 21.7. The Labute approximate surface area is 242 Å². The number of benzene rings is 1. The van der Waals surface area contributed by atoms with Crippen molar-refractivity contribution in [1.82, 2.24) is 15.3 Å². The van der Waals surface area contributed by atoms with Crippen molar-refractivity contribution in [3.63, 3.8) is 0 Å². The third-order valence-electron chi connectivity index (χ3n) is 7.25. The van der Waals surface area contributed by atoms with Gasteiger partial charge in [0.15, 0.2) is 5.11 Å². The van der Waals surface area contributed by atoms with Crippen molar-refractivity contribution in [2.75, 3.05) is 42.5 Å². The smallest absolute Gasteiger partial charge is 0.243 e. The molecule has 5 rings (SSSR count). The van der Waals surface area contributed by atoms with Gasteiger partial charge in [-0.25, -0.2) is 4.98 Å². The molecule has 2 fully saturated rings. The van der Waals surface area contributed by atoms with Gasteiger partial charge < -0.3 is 29.7 Å². The number of amides is 1. The van der Waals surface area contributed by atoms with Gasteiger partial charge in [-0.15, -0.1) is 0 Å². The van der Waals surface area contributed by atoms with Crippen LogP contribution in [0.25, 0.3) is 0 Å². The lowest BCUT2D eigenvalue weighted by atomic mass is 10.1. The van der Waals surface area contributed by atoms with Crippen LogP contribution in [0.5, 0.6) is 11.5 Å². The first-order valence-electron chi connectivity index (χ1n) is 12.7. The number of nitrogens with one attached hydrogen (secondary N) is 2. The van der Waals surface area contributed by atoms with Gasteiger partial charge in [-0.2, -0.15) is 4.98 Å². The average Bonchev–Trinajstić information content (AvgIpc) is 3.62. The largest absolute Gasteiger partial charge is 0.495 e. The van der Waals surface area contributed by atoms with E-state index in [0.717, 1.165) is 37.1 Å². The molecule has 3 aliphatic rings. The molecule has 1 aromatic heterocycles. The molecule has 1 amide bonds. The predicted molar refractivity (Wildman–Crippen MR) is 155 cm³/mol. The molecule has 13 heteroatoms. The summed E-state index contributed by atoms with van der Waals surface area (Å²) >= 11 is 19.6. The van der Waals surface area contributed by atoms with Crippen LogP contribution in [0.3, 0.4) is 0 Å². The number of carbonyl (C=O) groups excluding carboxylic acids is 1. The fraction of sp³-hybridized carbons (Fsp3) is 0.462. The van der Waals surface area contributed by atoms with Crippen LogP contribution in [-0.2, 0) is 16.1 Å². The van der Waals surface area contributed by atoms with Crippen LogP contribution in [0, 0.1) is 0 Å². The van der Waals surface area contributed by atoms with Crippen molar-refractivity contribution in [3.05, 3.63) is 40.5 Å². The molecule has 0 unspecified atom stereocenters. The average molecular weight is 594 g/mol. The van der Waals surface area contributed by atoms with Crippen molar-refractivity contribution >= 4 is 63.9 Å². The van der Waals surface area contributed by atoms with E-state index in [4.69, 9.17) is 54.6 Å². The van der Waals surface area contributed by atoms with Gasteiger partial charge in [0.25, 0.3) is 0 Å². The van der Waals surface area contributed by atoms with Gasteiger partial charge in [-0.1, -0.05) is 42.6 Å². The Morgan fingerprint density at radius 2 is 1.85 bits per heavy atom. The van der Waals surface area contributed by atoms with Crippen molar-refractivity contribution in [2.24, 2.45) is 0 Å². The quantitative estimate of drug-likeness (QED) is 0.340. The Morgan fingerprint density at radius 3 is 2.49 bits per heavy atom. The van der Waals surface area contributed by atoms with E-state index in [1.54, 1.807) is 12.3 Å². The molecule has 2 N–H and O–H groups in total. The number of hydrogen-bond acceptors (Lipinski definition) is 8. The number of rotatable bonds is 8. The second-order valence-electron chi connectivity index (χ2n) is 9.58. The van der Waals surface area contributed by atoms with Gasteiger partial charge >= 0.3 is 0 Å². The van der Waals surface area contributed by atoms with Gasteiger partial charge in [0.1, 0.15) is 27.4 Å². The fourth-order valence-corrected chi connectivity index (χ4v) is 6.36. The van der Waals surface area contributed by atoms with E-state index in [0.29, 0.717) is 58.1 Å². The maximum atomic E-state index is 11.9. The molecule has 0 bridgehead atoms. The summed E-state index contributed by atoms with van der Waals surface area (Å²) in [5.74, 6) is 1.78. The second kappa shape index (κ2) is 11.7. The number of ether oxygens (including phenoxy) is 3. The number of carbonyl (C=O) groups is 1. The lowest BCUT2D eigenvalue weighted by Gasteiger charge is -2.42. The van der Waals surface area contributed by atoms with Crippen molar-refractivity contribution < 1.29 is 19.0 Å². The molecule has 39 heavy (non-hydrogen) atoms. The predicted octanol–water partition coefficient (Wildman–Crippen LogP) is 4.34. The number of methoxy groups -OCH3 is 2. The summed E-state index contributed by atoms with van der Waals surface area (Å²) in [6, 6.07) is 1.40. The van der Waals surface area contributed by atoms with E-state index in [1.807, 2.05) is 4.90 Å². The normalized spacial score (nSPS) is 21.1.